The molecular weight excluding hydrogens is 475 g/mol. The minimum absolute atomic E-state index is 0. The number of sulfonamides is 1. The molecule has 6 nitrogen and oxygen atoms in total. The molecule has 0 unspecified atom stereocenters. The third-order valence-electron chi connectivity index (χ3n) is 3.61. The van der Waals surface area contributed by atoms with E-state index >= 15 is 0 Å². The molecule has 0 fully saturated rings. The first kappa shape index (κ1) is 23.4. The van der Waals surface area contributed by atoms with Crippen molar-refractivity contribution in [3.05, 3.63) is 71.8 Å². The van der Waals surface area contributed by atoms with E-state index < -0.39 is 10.0 Å². The van der Waals surface area contributed by atoms with Gasteiger partial charge in [0.1, 0.15) is 0 Å². The van der Waals surface area contributed by atoms with Crippen LogP contribution in [0.2, 0.25) is 0 Å². The number of hydrogen-bond donors (Lipinski definition) is 3. The van der Waals surface area contributed by atoms with Crippen molar-refractivity contribution in [1.82, 2.24) is 15.4 Å². The molecule has 0 bridgehead atoms. The molecule has 0 aliphatic rings. The van der Waals surface area contributed by atoms with Gasteiger partial charge in [-0.25, -0.2) is 18.1 Å². The van der Waals surface area contributed by atoms with Crippen molar-refractivity contribution >= 4 is 40.0 Å². The molecule has 27 heavy (non-hydrogen) atoms. The van der Waals surface area contributed by atoms with Crippen molar-refractivity contribution in [3.8, 4) is 0 Å². The highest BCUT2D eigenvalue weighted by Crippen LogP contribution is 2.00. The van der Waals surface area contributed by atoms with Crippen LogP contribution in [0, 0.1) is 0 Å². The minimum atomic E-state index is -3.35. The second kappa shape index (κ2) is 12.7. The van der Waals surface area contributed by atoms with Gasteiger partial charge in [-0.15, -0.1) is 24.0 Å². The molecule has 0 amide bonds. The Kier molecular flexibility index (Phi) is 11.0. The van der Waals surface area contributed by atoms with Crippen LogP contribution in [0.15, 0.2) is 65.7 Å². The van der Waals surface area contributed by atoms with Crippen LogP contribution in [0.25, 0.3) is 0 Å². The lowest BCUT2D eigenvalue weighted by Gasteiger charge is -2.12. The van der Waals surface area contributed by atoms with E-state index in [1.165, 1.54) is 0 Å². The highest BCUT2D eigenvalue weighted by molar-refractivity contribution is 14.0. The topological polar surface area (TPSA) is 82.6 Å². The van der Waals surface area contributed by atoms with E-state index in [0.29, 0.717) is 25.6 Å². The van der Waals surface area contributed by atoms with Crippen LogP contribution in [-0.4, -0.2) is 33.2 Å². The van der Waals surface area contributed by atoms with Gasteiger partial charge in [0, 0.05) is 19.6 Å². The van der Waals surface area contributed by atoms with E-state index in [1.807, 2.05) is 67.6 Å². The Labute approximate surface area is 178 Å². The zero-order valence-corrected chi connectivity index (χ0v) is 18.5. The van der Waals surface area contributed by atoms with Crippen molar-refractivity contribution in [2.75, 3.05) is 18.8 Å². The van der Waals surface area contributed by atoms with Crippen LogP contribution < -0.4 is 15.4 Å². The first-order valence-corrected chi connectivity index (χ1v) is 10.3. The SMILES string of the molecule is CCNC(=NCc1ccccc1)NCCS(=O)(=O)NCc1ccccc1.I. The summed E-state index contributed by atoms with van der Waals surface area (Å²) >= 11 is 0. The van der Waals surface area contributed by atoms with Crippen molar-refractivity contribution < 1.29 is 8.42 Å². The molecule has 0 saturated heterocycles. The summed E-state index contributed by atoms with van der Waals surface area (Å²) in [6, 6.07) is 19.4. The van der Waals surface area contributed by atoms with Crippen LogP contribution in [0.4, 0.5) is 0 Å². The summed E-state index contributed by atoms with van der Waals surface area (Å²) in [5, 5.41) is 6.19. The monoisotopic (exact) mass is 502 g/mol. The van der Waals surface area contributed by atoms with Gasteiger partial charge < -0.3 is 10.6 Å². The molecule has 3 N–H and O–H groups in total. The minimum Gasteiger partial charge on any atom is -0.357 e. The van der Waals surface area contributed by atoms with E-state index in [-0.39, 0.29) is 36.3 Å². The Bertz CT molecular complexity index is 784. The summed E-state index contributed by atoms with van der Waals surface area (Å²) in [6.07, 6.45) is 0. The van der Waals surface area contributed by atoms with E-state index in [9.17, 15) is 8.42 Å². The molecule has 0 spiro atoms. The molecule has 2 rings (SSSR count). The number of hydrogen-bond acceptors (Lipinski definition) is 3. The van der Waals surface area contributed by atoms with E-state index in [0.717, 1.165) is 11.1 Å². The Hall–Kier alpha value is -1.65. The lowest BCUT2D eigenvalue weighted by atomic mass is 10.2. The van der Waals surface area contributed by atoms with Gasteiger partial charge in [0.2, 0.25) is 10.0 Å². The van der Waals surface area contributed by atoms with Gasteiger partial charge in [-0.3, -0.25) is 0 Å². The molecule has 0 saturated carbocycles. The number of nitrogens with zero attached hydrogens (tertiary/aromatic N) is 1. The van der Waals surface area contributed by atoms with Gasteiger partial charge >= 0.3 is 0 Å². The van der Waals surface area contributed by atoms with Crippen LogP contribution in [-0.2, 0) is 23.1 Å². The van der Waals surface area contributed by atoms with Gasteiger partial charge in [0.25, 0.3) is 0 Å². The van der Waals surface area contributed by atoms with Crippen LogP contribution >= 0.6 is 24.0 Å². The molecule has 0 aromatic heterocycles. The van der Waals surface area contributed by atoms with Crippen molar-refractivity contribution in [1.29, 1.82) is 0 Å². The third-order valence-corrected chi connectivity index (χ3v) is 4.93. The molecular formula is C19H27IN4O2S. The van der Waals surface area contributed by atoms with Crippen molar-refractivity contribution in [3.63, 3.8) is 0 Å². The van der Waals surface area contributed by atoms with Crippen LogP contribution in [0.1, 0.15) is 18.1 Å². The first-order valence-electron chi connectivity index (χ1n) is 8.66. The van der Waals surface area contributed by atoms with E-state index in [2.05, 4.69) is 20.3 Å². The molecule has 8 heteroatoms. The summed E-state index contributed by atoms with van der Waals surface area (Å²) in [4.78, 5) is 4.48. The molecule has 0 aliphatic carbocycles. The second-order valence-corrected chi connectivity index (χ2v) is 7.66. The summed E-state index contributed by atoms with van der Waals surface area (Å²) < 4.78 is 26.8. The summed E-state index contributed by atoms with van der Waals surface area (Å²) in [7, 11) is -3.35. The fraction of sp³-hybridized carbons (Fsp3) is 0.316. The van der Waals surface area contributed by atoms with Gasteiger partial charge in [0.15, 0.2) is 5.96 Å². The fourth-order valence-corrected chi connectivity index (χ4v) is 3.16. The third kappa shape index (κ3) is 9.73. The average Bonchev–Trinajstić information content (AvgIpc) is 2.66. The number of guanidine groups is 1. The van der Waals surface area contributed by atoms with Gasteiger partial charge in [-0.05, 0) is 18.1 Å². The van der Waals surface area contributed by atoms with Crippen molar-refractivity contribution in [2.24, 2.45) is 4.99 Å². The number of halogens is 1. The van der Waals surface area contributed by atoms with Crippen LogP contribution in [0.3, 0.4) is 0 Å². The van der Waals surface area contributed by atoms with Gasteiger partial charge in [-0.1, -0.05) is 60.7 Å². The fourth-order valence-electron chi connectivity index (χ4n) is 2.26. The van der Waals surface area contributed by atoms with Crippen molar-refractivity contribution in [2.45, 2.75) is 20.0 Å². The smallest absolute Gasteiger partial charge is 0.213 e. The zero-order chi connectivity index (χ0) is 18.7. The average molecular weight is 502 g/mol. The van der Waals surface area contributed by atoms with E-state index in [1.54, 1.807) is 0 Å². The quantitative estimate of drug-likeness (QED) is 0.280. The Morgan fingerprint density at radius 3 is 2.11 bits per heavy atom. The molecule has 148 valence electrons. The number of nitrogens with one attached hydrogen (secondary N) is 3. The van der Waals surface area contributed by atoms with E-state index in [4.69, 9.17) is 0 Å². The predicted molar refractivity (Wildman–Crippen MR) is 122 cm³/mol. The lowest BCUT2D eigenvalue weighted by Crippen LogP contribution is -2.41. The van der Waals surface area contributed by atoms with Gasteiger partial charge in [-0.2, -0.15) is 0 Å². The molecule has 2 aromatic carbocycles. The first-order chi connectivity index (χ1) is 12.6. The van der Waals surface area contributed by atoms with Crippen LogP contribution in [0.5, 0.6) is 0 Å². The predicted octanol–water partition coefficient (Wildman–Crippen LogP) is 2.48. The molecule has 0 heterocycles. The maximum absolute atomic E-state index is 12.1. The zero-order valence-electron chi connectivity index (χ0n) is 15.4. The van der Waals surface area contributed by atoms with Gasteiger partial charge in [0.05, 0.1) is 12.3 Å². The normalized spacial score (nSPS) is 11.5. The maximum Gasteiger partial charge on any atom is 0.213 e. The summed E-state index contributed by atoms with van der Waals surface area (Å²) in [5.41, 5.74) is 2.03. The maximum atomic E-state index is 12.1. The molecule has 2 aromatic rings. The largest absolute Gasteiger partial charge is 0.357 e. The molecule has 0 atom stereocenters. The molecule has 0 radical (unpaired) electrons. The lowest BCUT2D eigenvalue weighted by molar-refractivity contribution is 0.580. The highest BCUT2D eigenvalue weighted by atomic mass is 127. The Morgan fingerprint density at radius 1 is 0.926 bits per heavy atom. The Balaban J connectivity index is 0.00000364. The second-order valence-electron chi connectivity index (χ2n) is 5.73. The standard InChI is InChI=1S/C19H26N4O2S.HI/c1-2-20-19(22-15-17-9-5-3-6-10-17)21-13-14-26(24,25)23-16-18-11-7-4-8-12-18;/h3-12,23H,2,13-16H2,1H3,(H2,20,21,22);1H. The Morgan fingerprint density at radius 2 is 1.52 bits per heavy atom. The summed E-state index contributed by atoms with van der Waals surface area (Å²) in [6.45, 7) is 3.79. The summed E-state index contributed by atoms with van der Waals surface area (Å²) in [5.74, 6) is 0.588. The number of rotatable bonds is 9. The highest BCUT2D eigenvalue weighted by Gasteiger charge is 2.10. The number of aliphatic imine (C=N–C) groups is 1. The molecule has 0 aliphatic heterocycles. The number of benzene rings is 2.